The number of aliphatic carboxylic acids is 1. The van der Waals surface area contributed by atoms with Gasteiger partial charge in [-0.2, -0.15) is 8.78 Å². The molecule has 2 N–H and O–H groups in total. The Kier molecular flexibility index (Phi) is 6.08. The normalized spacial score (nSPS) is 12.3. The number of carbonyl (C=O) groups excluding carboxylic acids is 1. The second-order valence-corrected chi connectivity index (χ2v) is 4.79. The molecule has 0 spiro atoms. The lowest BCUT2D eigenvalue weighted by atomic mass is 10.0. The standard InChI is InChI=1S/C14H17F2NO4/c1-8(2)12(13(19)20)17-11(18)7-9-5-3-4-6-10(9)21-14(15)16/h3-6,8,12,14H,7H2,1-2H3,(H,17,18)(H,19,20)/t12-/m0/s1. The van der Waals surface area contributed by atoms with E-state index >= 15 is 0 Å². The molecule has 0 aliphatic carbocycles. The molecule has 0 saturated carbocycles. The fourth-order valence-corrected chi connectivity index (χ4v) is 1.77. The molecule has 0 bridgehead atoms. The van der Waals surface area contributed by atoms with E-state index < -0.39 is 24.5 Å². The molecule has 0 heterocycles. The van der Waals surface area contributed by atoms with E-state index in [1.807, 2.05) is 0 Å². The highest BCUT2D eigenvalue weighted by Crippen LogP contribution is 2.20. The summed E-state index contributed by atoms with van der Waals surface area (Å²) in [6, 6.07) is 4.86. The number of rotatable bonds is 7. The first-order valence-corrected chi connectivity index (χ1v) is 6.36. The number of carbonyl (C=O) groups is 2. The number of halogens is 2. The predicted octanol–water partition coefficient (Wildman–Crippen LogP) is 2.06. The van der Waals surface area contributed by atoms with Crippen LogP contribution in [0.5, 0.6) is 5.75 Å². The topological polar surface area (TPSA) is 75.6 Å². The lowest BCUT2D eigenvalue weighted by molar-refractivity contribution is -0.143. The summed E-state index contributed by atoms with van der Waals surface area (Å²) in [6.07, 6.45) is -0.237. The van der Waals surface area contributed by atoms with Gasteiger partial charge in [-0.25, -0.2) is 4.79 Å². The molecule has 0 aliphatic heterocycles. The number of hydrogen-bond acceptors (Lipinski definition) is 3. The van der Waals surface area contributed by atoms with Gasteiger partial charge in [0.15, 0.2) is 0 Å². The van der Waals surface area contributed by atoms with Gasteiger partial charge in [0.05, 0.1) is 6.42 Å². The Labute approximate surface area is 120 Å². The molecular formula is C14H17F2NO4. The highest BCUT2D eigenvalue weighted by molar-refractivity contribution is 5.85. The molecule has 0 fully saturated rings. The maximum Gasteiger partial charge on any atom is 0.387 e. The molecule has 1 aromatic rings. The molecule has 21 heavy (non-hydrogen) atoms. The Bertz CT molecular complexity index is 506. The minimum atomic E-state index is -2.99. The Morgan fingerprint density at radius 1 is 1.29 bits per heavy atom. The molecule has 1 atom stereocenters. The van der Waals surface area contributed by atoms with E-state index in [0.29, 0.717) is 0 Å². The molecule has 1 amide bonds. The number of amides is 1. The van der Waals surface area contributed by atoms with Crippen LogP contribution in [-0.2, 0) is 16.0 Å². The van der Waals surface area contributed by atoms with Crippen LogP contribution < -0.4 is 10.1 Å². The number of carboxylic acids is 1. The van der Waals surface area contributed by atoms with E-state index in [1.165, 1.54) is 18.2 Å². The molecule has 116 valence electrons. The van der Waals surface area contributed by atoms with Crippen molar-refractivity contribution in [3.05, 3.63) is 29.8 Å². The molecule has 1 rings (SSSR count). The van der Waals surface area contributed by atoms with Crippen LogP contribution >= 0.6 is 0 Å². The van der Waals surface area contributed by atoms with Crippen molar-refractivity contribution in [3.63, 3.8) is 0 Å². The summed E-state index contributed by atoms with van der Waals surface area (Å²) in [5, 5.41) is 11.4. The average Bonchev–Trinajstić information content (AvgIpc) is 2.37. The third-order valence-electron chi connectivity index (χ3n) is 2.79. The highest BCUT2D eigenvalue weighted by Gasteiger charge is 2.23. The van der Waals surface area contributed by atoms with E-state index in [-0.39, 0.29) is 23.7 Å². The van der Waals surface area contributed by atoms with Crippen molar-refractivity contribution in [1.82, 2.24) is 5.32 Å². The van der Waals surface area contributed by atoms with Crippen molar-refractivity contribution in [3.8, 4) is 5.75 Å². The molecule has 1 aromatic carbocycles. The van der Waals surface area contributed by atoms with Gasteiger partial charge in [0.2, 0.25) is 5.91 Å². The van der Waals surface area contributed by atoms with Gasteiger partial charge in [-0.3, -0.25) is 4.79 Å². The summed E-state index contributed by atoms with van der Waals surface area (Å²) in [6.45, 7) is 0.330. The molecular weight excluding hydrogens is 284 g/mol. The number of alkyl halides is 2. The number of ether oxygens (including phenoxy) is 1. The number of para-hydroxylation sites is 1. The Balaban J connectivity index is 2.77. The summed E-state index contributed by atoms with van der Waals surface area (Å²) in [7, 11) is 0. The van der Waals surface area contributed by atoms with E-state index in [2.05, 4.69) is 10.1 Å². The van der Waals surface area contributed by atoms with Gasteiger partial charge < -0.3 is 15.2 Å². The number of hydrogen-bond donors (Lipinski definition) is 2. The van der Waals surface area contributed by atoms with E-state index in [9.17, 15) is 18.4 Å². The van der Waals surface area contributed by atoms with Crippen molar-refractivity contribution >= 4 is 11.9 Å². The quantitative estimate of drug-likeness (QED) is 0.808. The van der Waals surface area contributed by atoms with Crippen molar-refractivity contribution in [1.29, 1.82) is 0 Å². The van der Waals surface area contributed by atoms with Crippen LogP contribution in [0, 0.1) is 5.92 Å². The summed E-state index contributed by atoms with van der Waals surface area (Å²) in [5.74, 6) is -2.10. The lowest BCUT2D eigenvalue weighted by Crippen LogP contribution is -2.44. The molecule has 0 unspecified atom stereocenters. The highest BCUT2D eigenvalue weighted by atomic mass is 19.3. The maximum atomic E-state index is 12.3. The second-order valence-electron chi connectivity index (χ2n) is 4.79. The fourth-order valence-electron chi connectivity index (χ4n) is 1.77. The number of carboxylic acid groups (broad SMARTS) is 1. The SMILES string of the molecule is CC(C)[C@H](NC(=O)Cc1ccccc1OC(F)F)C(=O)O. The maximum absolute atomic E-state index is 12.3. The minimum absolute atomic E-state index is 0.0981. The van der Waals surface area contributed by atoms with Crippen LogP contribution in [0.15, 0.2) is 24.3 Å². The van der Waals surface area contributed by atoms with Crippen LogP contribution in [0.4, 0.5) is 8.78 Å². The van der Waals surface area contributed by atoms with Crippen LogP contribution in [-0.4, -0.2) is 29.6 Å². The summed E-state index contributed by atoms with van der Waals surface area (Å²) < 4.78 is 28.8. The van der Waals surface area contributed by atoms with Crippen LogP contribution in [0.3, 0.4) is 0 Å². The number of benzene rings is 1. The monoisotopic (exact) mass is 301 g/mol. The van der Waals surface area contributed by atoms with Gasteiger partial charge in [0.1, 0.15) is 11.8 Å². The van der Waals surface area contributed by atoms with Crippen LogP contribution in [0.25, 0.3) is 0 Å². The zero-order valence-corrected chi connectivity index (χ0v) is 11.7. The van der Waals surface area contributed by atoms with Gasteiger partial charge >= 0.3 is 12.6 Å². The molecule has 5 nitrogen and oxygen atoms in total. The first-order chi connectivity index (χ1) is 9.81. The zero-order chi connectivity index (χ0) is 16.0. The molecule has 0 saturated heterocycles. The van der Waals surface area contributed by atoms with Crippen molar-refractivity contribution in [2.45, 2.75) is 32.9 Å². The summed E-state index contributed by atoms with van der Waals surface area (Å²) in [4.78, 5) is 22.9. The van der Waals surface area contributed by atoms with Gasteiger partial charge in [0, 0.05) is 5.56 Å². The Hall–Kier alpha value is -2.18. The molecule has 0 aromatic heterocycles. The summed E-state index contributed by atoms with van der Waals surface area (Å²) >= 11 is 0. The van der Waals surface area contributed by atoms with Gasteiger partial charge in [-0.1, -0.05) is 32.0 Å². The number of nitrogens with one attached hydrogen (secondary N) is 1. The van der Waals surface area contributed by atoms with Gasteiger partial charge in [-0.05, 0) is 12.0 Å². The van der Waals surface area contributed by atoms with Gasteiger partial charge in [0.25, 0.3) is 0 Å². The molecule has 7 heteroatoms. The van der Waals surface area contributed by atoms with Gasteiger partial charge in [-0.15, -0.1) is 0 Å². The Morgan fingerprint density at radius 3 is 2.43 bits per heavy atom. The van der Waals surface area contributed by atoms with Crippen LogP contribution in [0.2, 0.25) is 0 Å². The minimum Gasteiger partial charge on any atom is -0.480 e. The third-order valence-corrected chi connectivity index (χ3v) is 2.79. The fraction of sp³-hybridized carbons (Fsp3) is 0.429. The first-order valence-electron chi connectivity index (χ1n) is 6.36. The Morgan fingerprint density at radius 2 is 1.90 bits per heavy atom. The largest absolute Gasteiger partial charge is 0.480 e. The smallest absolute Gasteiger partial charge is 0.387 e. The predicted molar refractivity (Wildman–Crippen MR) is 71.2 cm³/mol. The first kappa shape index (κ1) is 16.9. The average molecular weight is 301 g/mol. The van der Waals surface area contributed by atoms with Crippen molar-refractivity contribution in [2.24, 2.45) is 5.92 Å². The van der Waals surface area contributed by atoms with Crippen LogP contribution in [0.1, 0.15) is 19.4 Å². The van der Waals surface area contributed by atoms with E-state index in [0.717, 1.165) is 0 Å². The zero-order valence-electron chi connectivity index (χ0n) is 11.7. The van der Waals surface area contributed by atoms with Crippen molar-refractivity contribution in [2.75, 3.05) is 0 Å². The second kappa shape index (κ2) is 7.56. The van der Waals surface area contributed by atoms with E-state index in [1.54, 1.807) is 19.9 Å². The van der Waals surface area contributed by atoms with Crippen molar-refractivity contribution < 1.29 is 28.2 Å². The summed E-state index contributed by atoms with van der Waals surface area (Å²) in [5.41, 5.74) is 0.267. The third kappa shape index (κ3) is 5.37. The lowest BCUT2D eigenvalue weighted by Gasteiger charge is -2.18. The molecule has 0 aliphatic rings. The molecule has 0 radical (unpaired) electrons. The van der Waals surface area contributed by atoms with E-state index in [4.69, 9.17) is 5.11 Å².